The molecule has 0 aliphatic heterocycles. The molecule has 1 nitrogen and oxygen atoms in total. The summed E-state index contributed by atoms with van der Waals surface area (Å²) in [5.74, 6) is 0.914. The van der Waals surface area contributed by atoms with Crippen LogP contribution >= 0.6 is 0 Å². The Hall–Kier alpha value is -1.76. The predicted octanol–water partition coefficient (Wildman–Crippen LogP) is 4.05. The first kappa shape index (κ1) is 11.7. The van der Waals surface area contributed by atoms with Crippen LogP contribution in [0, 0.1) is 7.11 Å². The van der Waals surface area contributed by atoms with Crippen molar-refractivity contribution >= 4 is 0 Å². The molecule has 0 spiro atoms. The van der Waals surface area contributed by atoms with Gasteiger partial charge in [0.2, 0.25) is 5.75 Å². The van der Waals surface area contributed by atoms with Gasteiger partial charge in [-0.15, -0.1) is 0 Å². The summed E-state index contributed by atoms with van der Waals surface area (Å²) in [5.41, 5.74) is 2.62. The Labute approximate surface area is 103 Å². The Kier molecular flexibility index (Phi) is 3.19. The highest BCUT2D eigenvalue weighted by Gasteiger charge is 2.22. The van der Waals surface area contributed by atoms with Gasteiger partial charge in [-0.2, -0.15) is 0 Å². The minimum Gasteiger partial charge on any atom is -0.722 e. The van der Waals surface area contributed by atoms with E-state index in [2.05, 4.69) is 62.1 Å². The van der Waals surface area contributed by atoms with Gasteiger partial charge in [-0.1, -0.05) is 44.2 Å². The first-order chi connectivity index (χ1) is 8.14. The molecule has 1 heteroatoms. The molecule has 0 amide bonds. The van der Waals surface area contributed by atoms with Gasteiger partial charge >= 0.3 is 0 Å². The first-order valence-electron chi connectivity index (χ1n) is 5.77. The molecule has 2 aromatic carbocycles. The summed E-state index contributed by atoms with van der Waals surface area (Å²) in [6.45, 7) is 4.47. The molecule has 2 rings (SSSR count). The lowest BCUT2D eigenvalue weighted by molar-refractivity contribution is 0.186. The van der Waals surface area contributed by atoms with Crippen LogP contribution in [-0.2, 0) is 5.41 Å². The summed E-state index contributed by atoms with van der Waals surface area (Å²) in [4.78, 5) is 0. The molecule has 0 unspecified atom stereocenters. The smallest absolute Gasteiger partial charge is 0.225 e. The van der Waals surface area contributed by atoms with Crippen molar-refractivity contribution in [3.63, 3.8) is 0 Å². The maximum Gasteiger partial charge on any atom is 0.225 e. The van der Waals surface area contributed by atoms with Crippen molar-refractivity contribution < 1.29 is 4.74 Å². The van der Waals surface area contributed by atoms with Gasteiger partial charge in [-0.3, -0.25) is 0 Å². The van der Waals surface area contributed by atoms with Crippen LogP contribution in [0.3, 0.4) is 0 Å². The van der Waals surface area contributed by atoms with E-state index in [4.69, 9.17) is 0 Å². The molecule has 0 saturated heterocycles. The summed E-state index contributed by atoms with van der Waals surface area (Å²) < 4.78 is 3.92. The first-order valence-corrected chi connectivity index (χ1v) is 5.77. The van der Waals surface area contributed by atoms with Gasteiger partial charge in [0.15, 0.2) is 0 Å². The van der Waals surface area contributed by atoms with Gasteiger partial charge < -0.3 is 4.74 Å². The molecule has 0 aliphatic carbocycles. The number of ether oxygens (including phenoxy) is 1. The molecule has 0 aliphatic rings. The van der Waals surface area contributed by atoms with E-state index in [1.165, 1.54) is 11.1 Å². The molecule has 17 heavy (non-hydrogen) atoms. The van der Waals surface area contributed by atoms with Gasteiger partial charge in [-0.25, -0.2) is 0 Å². The number of benzene rings is 2. The largest absolute Gasteiger partial charge is 0.722 e. The zero-order valence-corrected chi connectivity index (χ0v) is 10.4. The number of rotatable bonds is 3. The molecule has 0 bridgehead atoms. The molecule has 1 N–H and O–H groups in total. The molecular formula is C16H18O. The van der Waals surface area contributed by atoms with Crippen molar-refractivity contribution in [1.82, 2.24) is 0 Å². The van der Waals surface area contributed by atoms with Crippen LogP contribution in [0.2, 0.25) is 0 Å². The van der Waals surface area contributed by atoms with Gasteiger partial charge in [0.25, 0.3) is 0 Å². The molecule has 0 fully saturated rings. The number of hydrogen-bond donors (Lipinski definition) is 0. The molecule has 0 saturated carbocycles. The van der Waals surface area contributed by atoms with E-state index < -0.39 is 0 Å². The van der Waals surface area contributed by atoms with Crippen molar-refractivity contribution in [2.24, 2.45) is 0 Å². The van der Waals surface area contributed by atoms with Crippen LogP contribution in [0.4, 0.5) is 0 Å². The van der Waals surface area contributed by atoms with Crippen molar-refractivity contribution in [2.75, 3.05) is 0 Å². The summed E-state index contributed by atoms with van der Waals surface area (Å²) in [6, 6.07) is 18.8. The van der Waals surface area contributed by atoms with Crippen LogP contribution in [0.25, 0.3) is 0 Å². The second-order valence-electron chi connectivity index (χ2n) is 4.70. The van der Waals surface area contributed by atoms with E-state index in [1.807, 2.05) is 18.2 Å². The second-order valence-corrected chi connectivity index (χ2v) is 4.70. The van der Waals surface area contributed by atoms with Crippen LogP contribution < -0.4 is 0 Å². The van der Waals surface area contributed by atoms with E-state index >= 15 is 0 Å². The standard InChI is InChI=1S/C16H18O/c1-16(2,13-7-5-4-6-8-13)14-9-11-15(17-3)12-10-14/h4-12,17H,3H2,1-2H3. The molecule has 88 valence electrons. The highest BCUT2D eigenvalue weighted by molar-refractivity contribution is 5.39. The highest BCUT2D eigenvalue weighted by atomic mass is 16.5. The lowest BCUT2D eigenvalue weighted by Gasteiger charge is -2.26. The molecular weight excluding hydrogens is 208 g/mol. The average molecular weight is 226 g/mol. The van der Waals surface area contributed by atoms with Crippen molar-refractivity contribution in [2.45, 2.75) is 19.3 Å². The SMILES string of the molecule is [CH2-][OH+]c1ccc(C(C)(C)c2ccccc2)cc1. The maximum absolute atomic E-state index is 3.92. The summed E-state index contributed by atoms with van der Waals surface area (Å²) >= 11 is 0. The van der Waals surface area contributed by atoms with E-state index in [0.717, 1.165) is 5.75 Å². The Morgan fingerprint density at radius 1 is 0.824 bits per heavy atom. The quantitative estimate of drug-likeness (QED) is 0.553. The maximum atomic E-state index is 3.92. The van der Waals surface area contributed by atoms with Crippen molar-refractivity contribution in [3.8, 4) is 5.75 Å². The van der Waals surface area contributed by atoms with Crippen LogP contribution in [0.5, 0.6) is 5.75 Å². The Balaban J connectivity index is 2.37. The molecule has 0 radical (unpaired) electrons. The second kappa shape index (κ2) is 4.62. The topological polar surface area (TPSA) is 12.8 Å². The van der Waals surface area contributed by atoms with E-state index in [-0.39, 0.29) is 5.41 Å². The number of aromatic hydroxyl groups is 1. The molecule has 0 heterocycles. The van der Waals surface area contributed by atoms with E-state index in [9.17, 15) is 0 Å². The Bertz CT molecular complexity index is 469. The summed E-state index contributed by atoms with van der Waals surface area (Å²) in [5, 5.41) is 0. The Morgan fingerprint density at radius 3 is 1.88 bits per heavy atom. The third-order valence-electron chi connectivity index (χ3n) is 3.27. The molecule has 0 atom stereocenters. The zero-order chi connectivity index (χ0) is 12.3. The third kappa shape index (κ3) is 2.33. The summed E-state index contributed by atoms with van der Waals surface area (Å²) in [7, 11) is 3.53. The monoisotopic (exact) mass is 226 g/mol. The number of hydrogen-bond acceptors (Lipinski definition) is 0. The fourth-order valence-corrected chi connectivity index (χ4v) is 2.00. The van der Waals surface area contributed by atoms with Gasteiger partial charge in [-0.05, 0) is 30.4 Å². The highest BCUT2D eigenvalue weighted by Crippen LogP contribution is 2.32. The van der Waals surface area contributed by atoms with Crippen LogP contribution in [0.1, 0.15) is 25.0 Å². The predicted molar refractivity (Wildman–Crippen MR) is 72.0 cm³/mol. The minimum atomic E-state index is 0.0148. The fraction of sp³-hybridized carbons (Fsp3) is 0.188. The minimum absolute atomic E-state index is 0.0148. The fourth-order valence-electron chi connectivity index (χ4n) is 2.00. The summed E-state index contributed by atoms with van der Waals surface area (Å²) in [6.07, 6.45) is 0. The van der Waals surface area contributed by atoms with Crippen LogP contribution in [-0.4, -0.2) is 4.74 Å². The average Bonchev–Trinajstić information content (AvgIpc) is 2.40. The Morgan fingerprint density at radius 2 is 1.35 bits per heavy atom. The van der Waals surface area contributed by atoms with Crippen molar-refractivity contribution in [3.05, 3.63) is 72.8 Å². The van der Waals surface area contributed by atoms with E-state index in [0.29, 0.717) is 0 Å². The lowest BCUT2D eigenvalue weighted by Crippen LogP contribution is -2.18. The van der Waals surface area contributed by atoms with Gasteiger partial charge in [0.1, 0.15) is 0 Å². The van der Waals surface area contributed by atoms with Crippen LogP contribution in [0.15, 0.2) is 54.6 Å². The molecule has 0 aromatic heterocycles. The van der Waals surface area contributed by atoms with Gasteiger partial charge in [0.05, 0.1) is 0 Å². The number of aliphatic hydroxyl groups is 1. The zero-order valence-electron chi connectivity index (χ0n) is 10.4. The third-order valence-corrected chi connectivity index (χ3v) is 3.27. The van der Waals surface area contributed by atoms with E-state index in [1.54, 1.807) is 0 Å². The lowest BCUT2D eigenvalue weighted by atomic mass is 9.78. The van der Waals surface area contributed by atoms with Crippen molar-refractivity contribution in [1.29, 1.82) is 0 Å². The normalized spacial score (nSPS) is 11.2. The van der Waals surface area contributed by atoms with Gasteiger partial charge in [0, 0.05) is 17.5 Å². The molecule has 2 aromatic rings.